The largest absolute Gasteiger partial charge is 0.337 e. The Morgan fingerprint density at radius 2 is 2.20 bits per heavy atom. The van der Waals surface area contributed by atoms with Gasteiger partial charge in [0.1, 0.15) is 0 Å². The van der Waals surface area contributed by atoms with E-state index in [4.69, 9.17) is 11.6 Å². The third-order valence-electron chi connectivity index (χ3n) is 3.22. The molecule has 1 aliphatic rings. The Morgan fingerprint density at radius 1 is 1.50 bits per heavy atom. The Labute approximate surface area is 127 Å². The highest BCUT2D eigenvalue weighted by molar-refractivity contribution is 6.31. The molecule has 1 atom stereocenters. The molecule has 6 nitrogen and oxygen atoms in total. The summed E-state index contributed by atoms with van der Waals surface area (Å²) < 4.78 is 0. The van der Waals surface area contributed by atoms with Crippen LogP contribution in [0.2, 0.25) is 5.02 Å². The van der Waals surface area contributed by atoms with Gasteiger partial charge in [-0.2, -0.15) is 0 Å². The number of halogens is 2. The molecular weight excluding hydrogens is 305 g/mol. The van der Waals surface area contributed by atoms with Gasteiger partial charge in [0, 0.05) is 41.9 Å². The number of hydrogen-bond donors (Lipinski definition) is 1. The van der Waals surface area contributed by atoms with Crippen molar-refractivity contribution in [2.24, 2.45) is 0 Å². The maximum atomic E-state index is 12.3. The minimum atomic E-state index is -0.553. The standard InChI is InChI=1S/C12H14ClN3O3.ClH/c1-14-10-2-3-15(7-10)12(17)8-4-9(13)6-11(5-8)16(18)19;/h4-6,10,14H,2-3,7H2,1H3;1H. The van der Waals surface area contributed by atoms with Crippen LogP contribution in [0, 0.1) is 10.1 Å². The molecule has 2 rings (SSSR count). The lowest BCUT2D eigenvalue weighted by atomic mass is 10.2. The fourth-order valence-electron chi connectivity index (χ4n) is 2.17. The van der Waals surface area contributed by atoms with Gasteiger partial charge in [0.05, 0.1) is 4.92 Å². The van der Waals surface area contributed by atoms with Crippen LogP contribution in [-0.4, -0.2) is 41.9 Å². The SMILES string of the molecule is CNC1CCN(C(=O)c2cc(Cl)cc([N+](=O)[O-])c2)C1.Cl. The van der Waals surface area contributed by atoms with Crippen LogP contribution in [0.1, 0.15) is 16.8 Å². The zero-order valence-electron chi connectivity index (χ0n) is 10.8. The average molecular weight is 320 g/mol. The highest BCUT2D eigenvalue weighted by Crippen LogP contribution is 2.23. The Hall–Kier alpha value is -1.37. The van der Waals surface area contributed by atoms with E-state index in [-0.39, 0.29) is 40.6 Å². The van der Waals surface area contributed by atoms with Crippen molar-refractivity contribution in [1.82, 2.24) is 10.2 Å². The van der Waals surface area contributed by atoms with E-state index >= 15 is 0 Å². The van der Waals surface area contributed by atoms with E-state index in [2.05, 4.69) is 5.32 Å². The van der Waals surface area contributed by atoms with Crippen LogP contribution in [0.3, 0.4) is 0 Å². The summed E-state index contributed by atoms with van der Waals surface area (Å²) in [5, 5.41) is 14.1. The number of likely N-dealkylation sites (N-methyl/N-ethyl adjacent to an activating group) is 1. The number of carbonyl (C=O) groups is 1. The zero-order valence-corrected chi connectivity index (χ0v) is 12.4. The van der Waals surface area contributed by atoms with E-state index in [0.717, 1.165) is 6.42 Å². The fourth-order valence-corrected chi connectivity index (χ4v) is 2.40. The molecule has 1 unspecified atom stereocenters. The summed E-state index contributed by atoms with van der Waals surface area (Å²) in [6.07, 6.45) is 0.880. The number of rotatable bonds is 3. The minimum Gasteiger partial charge on any atom is -0.337 e. The number of nitro groups is 1. The van der Waals surface area contributed by atoms with Gasteiger partial charge < -0.3 is 10.2 Å². The van der Waals surface area contributed by atoms with Crippen molar-refractivity contribution in [2.45, 2.75) is 12.5 Å². The predicted octanol–water partition coefficient (Wildman–Crippen LogP) is 2.10. The number of nitrogens with one attached hydrogen (secondary N) is 1. The molecule has 8 heteroatoms. The molecule has 1 amide bonds. The van der Waals surface area contributed by atoms with Crippen LogP contribution >= 0.6 is 24.0 Å². The van der Waals surface area contributed by atoms with Gasteiger partial charge in [-0.3, -0.25) is 14.9 Å². The third kappa shape index (κ3) is 3.59. The van der Waals surface area contributed by atoms with E-state index in [0.29, 0.717) is 13.1 Å². The van der Waals surface area contributed by atoms with Crippen molar-refractivity contribution in [3.05, 3.63) is 38.9 Å². The number of nitro benzene ring substituents is 1. The lowest BCUT2D eigenvalue weighted by Crippen LogP contribution is -2.33. The molecule has 0 aromatic heterocycles. The molecule has 0 saturated carbocycles. The Morgan fingerprint density at radius 3 is 2.75 bits per heavy atom. The highest BCUT2D eigenvalue weighted by atomic mass is 35.5. The first-order valence-electron chi connectivity index (χ1n) is 5.93. The first-order valence-corrected chi connectivity index (χ1v) is 6.30. The molecule has 110 valence electrons. The molecule has 1 aromatic rings. The molecule has 1 N–H and O–H groups in total. The number of carbonyl (C=O) groups excluding carboxylic acids is 1. The monoisotopic (exact) mass is 319 g/mol. The molecule has 0 spiro atoms. The van der Waals surface area contributed by atoms with Crippen LogP contribution in [0.4, 0.5) is 5.69 Å². The minimum absolute atomic E-state index is 0. The van der Waals surface area contributed by atoms with E-state index < -0.39 is 4.92 Å². The van der Waals surface area contributed by atoms with E-state index in [9.17, 15) is 14.9 Å². The molecule has 1 aliphatic heterocycles. The molecule has 0 bridgehead atoms. The number of nitrogens with zero attached hydrogens (tertiary/aromatic N) is 2. The van der Waals surface area contributed by atoms with Crippen LogP contribution < -0.4 is 5.32 Å². The summed E-state index contributed by atoms with van der Waals surface area (Å²) in [4.78, 5) is 24.1. The first kappa shape index (κ1) is 16.7. The van der Waals surface area contributed by atoms with Gasteiger partial charge >= 0.3 is 0 Å². The molecule has 1 saturated heterocycles. The predicted molar refractivity (Wildman–Crippen MR) is 78.7 cm³/mol. The van der Waals surface area contributed by atoms with Crippen molar-refractivity contribution >= 4 is 35.6 Å². The summed E-state index contributed by atoms with van der Waals surface area (Å²) in [6.45, 7) is 1.25. The van der Waals surface area contributed by atoms with Crippen molar-refractivity contribution < 1.29 is 9.72 Å². The highest BCUT2D eigenvalue weighted by Gasteiger charge is 2.27. The summed E-state index contributed by atoms with van der Waals surface area (Å²) in [5.74, 6) is -0.219. The number of likely N-dealkylation sites (tertiary alicyclic amines) is 1. The van der Waals surface area contributed by atoms with Gasteiger partial charge in [-0.1, -0.05) is 11.6 Å². The second kappa shape index (κ2) is 6.88. The van der Waals surface area contributed by atoms with Crippen LogP contribution in [0.5, 0.6) is 0 Å². The smallest absolute Gasteiger partial charge is 0.271 e. The Balaban J connectivity index is 0.00000200. The van der Waals surface area contributed by atoms with Gasteiger partial charge in [0.25, 0.3) is 11.6 Å². The van der Waals surface area contributed by atoms with Gasteiger partial charge in [-0.15, -0.1) is 12.4 Å². The number of non-ortho nitro benzene ring substituents is 1. The average Bonchev–Trinajstić information content (AvgIpc) is 2.85. The molecular formula is C12H15Cl2N3O3. The van der Waals surface area contributed by atoms with Crippen molar-refractivity contribution in [1.29, 1.82) is 0 Å². The molecule has 1 fully saturated rings. The maximum absolute atomic E-state index is 12.3. The van der Waals surface area contributed by atoms with E-state index in [1.807, 2.05) is 7.05 Å². The number of amides is 1. The summed E-state index contributed by atoms with van der Waals surface area (Å²) in [7, 11) is 1.85. The summed E-state index contributed by atoms with van der Waals surface area (Å²) in [5.41, 5.74) is 0.0937. The molecule has 0 radical (unpaired) electrons. The quantitative estimate of drug-likeness (QED) is 0.683. The zero-order chi connectivity index (χ0) is 14.0. The molecule has 0 aliphatic carbocycles. The topological polar surface area (TPSA) is 75.5 Å². The normalized spacial score (nSPS) is 17.7. The van der Waals surface area contributed by atoms with E-state index in [1.54, 1.807) is 4.90 Å². The molecule has 1 aromatic carbocycles. The van der Waals surface area contributed by atoms with Crippen LogP contribution in [0.15, 0.2) is 18.2 Å². The van der Waals surface area contributed by atoms with Gasteiger partial charge in [0.2, 0.25) is 0 Å². The molecule has 20 heavy (non-hydrogen) atoms. The van der Waals surface area contributed by atoms with Crippen molar-refractivity contribution in [3.63, 3.8) is 0 Å². The van der Waals surface area contributed by atoms with Crippen molar-refractivity contribution in [3.8, 4) is 0 Å². The van der Waals surface area contributed by atoms with Gasteiger partial charge in [0.15, 0.2) is 0 Å². The second-order valence-corrected chi connectivity index (χ2v) is 4.92. The summed E-state index contributed by atoms with van der Waals surface area (Å²) in [6, 6.07) is 4.24. The lowest BCUT2D eigenvalue weighted by molar-refractivity contribution is -0.384. The lowest BCUT2D eigenvalue weighted by Gasteiger charge is -2.16. The fraction of sp³-hybridized carbons (Fsp3) is 0.417. The number of benzene rings is 1. The van der Waals surface area contributed by atoms with Crippen LogP contribution in [-0.2, 0) is 0 Å². The Kier molecular flexibility index (Phi) is 5.74. The molecule has 1 heterocycles. The number of hydrogen-bond acceptors (Lipinski definition) is 4. The van der Waals surface area contributed by atoms with Crippen LogP contribution in [0.25, 0.3) is 0 Å². The summed E-state index contributed by atoms with van der Waals surface area (Å²) >= 11 is 5.81. The first-order chi connectivity index (χ1) is 9.01. The third-order valence-corrected chi connectivity index (χ3v) is 3.44. The van der Waals surface area contributed by atoms with Gasteiger partial charge in [-0.25, -0.2) is 0 Å². The van der Waals surface area contributed by atoms with Gasteiger partial charge in [-0.05, 0) is 19.5 Å². The maximum Gasteiger partial charge on any atom is 0.271 e. The second-order valence-electron chi connectivity index (χ2n) is 4.48. The Bertz CT molecular complexity index is 525. The van der Waals surface area contributed by atoms with Crippen molar-refractivity contribution in [2.75, 3.05) is 20.1 Å². The van der Waals surface area contributed by atoms with E-state index in [1.165, 1.54) is 18.2 Å².